The second-order valence-corrected chi connectivity index (χ2v) is 6.29. The average molecular weight is 283 g/mol. The van der Waals surface area contributed by atoms with E-state index in [1.807, 2.05) is 41.5 Å². The Labute approximate surface area is 121 Å². The normalized spacial score (nSPS) is 22.9. The van der Waals surface area contributed by atoms with Crippen molar-refractivity contribution in [3.05, 3.63) is 0 Å². The molecule has 1 amide bonds. The van der Waals surface area contributed by atoms with Crippen molar-refractivity contribution in [2.45, 2.75) is 65.0 Å². The van der Waals surface area contributed by atoms with Crippen LogP contribution in [0.2, 0.25) is 0 Å². The molecule has 0 bridgehead atoms. The number of carbonyl (C=O) groups is 1. The van der Waals surface area contributed by atoms with Gasteiger partial charge in [-0.25, -0.2) is 4.79 Å². The summed E-state index contributed by atoms with van der Waals surface area (Å²) >= 11 is 0. The van der Waals surface area contributed by atoms with Crippen molar-refractivity contribution in [2.75, 3.05) is 13.7 Å². The summed E-state index contributed by atoms with van der Waals surface area (Å²) in [4.78, 5) is 13.9. The van der Waals surface area contributed by atoms with E-state index in [0.717, 1.165) is 0 Å². The first-order valence-corrected chi connectivity index (χ1v) is 6.77. The van der Waals surface area contributed by atoms with Gasteiger partial charge in [-0.05, 0) is 41.5 Å². The second kappa shape index (κ2) is 6.02. The summed E-state index contributed by atoms with van der Waals surface area (Å²) in [6, 6.07) is -0.322. The molecule has 2 atom stereocenters. The maximum absolute atomic E-state index is 12.3. The number of hydrogen-bond donors (Lipinski definition) is 0. The molecule has 0 spiro atoms. The van der Waals surface area contributed by atoms with E-state index in [1.165, 1.54) is 0 Å². The Kier molecular flexibility index (Phi) is 5.06. The van der Waals surface area contributed by atoms with E-state index in [9.17, 15) is 4.79 Å². The highest BCUT2D eigenvalue weighted by Crippen LogP contribution is 2.29. The molecule has 0 aliphatic carbocycles. The van der Waals surface area contributed by atoms with E-state index in [2.05, 4.69) is 11.8 Å². The Morgan fingerprint density at radius 2 is 2.05 bits per heavy atom. The number of methoxy groups -OCH3 is 1. The monoisotopic (exact) mass is 283 g/mol. The quantitative estimate of drug-likeness (QED) is 0.693. The highest BCUT2D eigenvalue weighted by molar-refractivity contribution is 5.70. The molecule has 0 aromatic rings. The lowest BCUT2D eigenvalue weighted by Gasteiger charge is -2.33. The van der Waals surface area contributed by atoms with Crippen LogP contribution >= 0.6 is 0 Å². The molecule has 1 saturated heterocycles. The lowest BCUT2D eigenvalue weighted by atomic mass is 10.2. The summed E-state index contributed by atoms with van der Waals surface area (Å²) in [6.07, 6.45) is -0.594. The van der Waals surface area contributed by atoms with Crippen LogP contribution in [0.3, 0.4) is 0 Å². The van der Waals surface area contributed by atoms with Crippen LogP contribution in [0.5, 0.6) is 0 Å². The zero-order valence-corrected chi connectivity index (χ0v) is 13.4. The molecule has 1 aliphatic rings. The van der Waals surface area contributed by atoms with Gasteiger partial charge in [-0.1, -0.05) is 11.8 Å². The number of ether oxygens (including phenoxy) is 3. The Balaban J connectivity index is 2.90. The molecule has 114 valence electrons. The van der Waals surface area contributed by atoms with E-state index in [0.29, 0.717) is 6.61 Å². The molecule has 1 heterocycles. The first kappa shape index (κ1) is 16.8. The highest BCUT2D eigenvalue weighted by Gasteiger charge is 2.45. The third-order valence-electron chi connectivity index (χ3n) is 2.88. The van der Waals surface area contributed by atoms with Gasteiger partial charge in [0.05, 0.1) is 6.61 Å². The van der Waals surface area contributed by atoms with Crippen LogP contribution in [-0.2, 0) is 14.2 Å². The number of nitrogens with zero attached hydrogens (tertiary/aromatic N) is 1. The van der Waals surface area contributed by atoms with Crippen molar-refractivity contribution >= 4 is 6.09 Å². The summed E-state index contributed by atoms with van der Waals surface area (Å²) in [5.74, 6) is 5.99. The second-order valence-electron chi connectivity index (χ2n) is 6.29. The number of rotatable bonds is 1. The fourth-order valence-electron chi connectivity index (χ4n) is 1.84. The SMILES string of the molecule is COC(C)C#C[C@H]1COC(C)(C)N1C(=O)OC(C)(C)C. The molecular formula is C15H25NO4. The van der Waals surface area contributed by atoms with Crippen molar-refractivity contribution in [3.8, 4) is 11.8 Å². The molecule has 0 saturated carbocycles. The third-order valence-corrected chi connectivity index (χ3v) is 2.88. The maximum Gasteiger partial charge on any atom is 0.413 e. The van der Waals surface area contributed by atoms with Crippen LogP contribution in [0.25, 0.3) is 0 Å². The molecule has 0 aromatic carbocycles. The lowest BCUT2D eigenvalue weighted by Crippen LogP contribution is -2.49. The minimum Gasteiger partial charge on any atom is -0.444 e. The fraction of sp³-hybridized carbons (Fsp3) is 0.800. The third kappa shape index (κ3) is 4.39. The first-order valence-electron chi connectivity index (χ1n) is 6.77. The molecule has 1 fully saturated rings. The predicted molar refractivity (Wildman–Crippen MR) is 76.1 cm³/mol. The van der Waals surface area contributed by atoms with Crippen molar-refractivity contribution in [3.63, 3.8) is 0 Å². The van der Waals surface area contributed by atoms with Crippen LogP contribution in [0, 0.1) is 11.8 Å². The van der Waals surface area contributed by atoms with Crippen molar-refractivity contribution < 1.29 is 19.0 Å². The van der Waals surface area contributed by atoms with Crippen LogP contribution in [0.15, 0.2) is 0 Å². The summed E-state index contributed by atoms with van der Waals surface area (Å²) in [5.41, 5.74) is -1.27. The molecule has 0 aromatic heterocycles. The lowest BCUT2D eigenvalue weighted by molar-refractivity contribution is -0.0608. The molecular weight excluding hydrogens is 258 g/mol. The summed E-state index contributed by atoms with van der Waals surface area (Å²) in [7, 11) is 1.60. The molecule has 1 unspecified atom stereocenters. The Morgan fingerprint density at radius 1 is 1.45 bits per heavy atom. The Hall–Kier alpha value is -1.25. The number of hydrogen-bond acceptors (Lipinski definition) is 4. The van der Waals surface area contributed by atoms with Crippen molar-refractivity contribution in [1.82, 2.24) is 4.90 Å². The van der Waals surface area contributed by atoms with Crippen LogP contribution in [-0.4, -0.2) is 48.2 Å². The van der Waals surface area contributed by atoms with Gasteiger partial charge in [0.2, 0.25) is 0 Å². The standard InChI is InChI=1S/C15H25NO4/c1-11(18-7)8-9-12-10-19-15(5,6)16(12)13(17)20-14(2,3)4/h11-12H,10H2,1-7H3/t11?,12-/m0/s1. The Bertz CT molecular complexity index is 414. The van der Waals surface area contributed by atoms with Gasteiger partial charge in [0.25, 0.3) is 0 Å². The van der Waals surface area contributed by atoms with Gasteiger partial charge in [-0.2, -0.15) is 0 Å². The van der Waals surface area contributed by atoms with Crippen LogP contribution < -0.4 is 0 Å². The smallest absolute Gasteiger partial charge is 0.413 e. The fourth-order valence-corrected chi connectivity index (χ4v) is 1.84. The van der Waals surface area contributed by atoms with E-state index in [4.69, 9.17) is 14.2 Å². The van der Waals surface area contributed by atoms with Crippen molar-refractivity contribution in [2.24, 2.45) is 0 Å². The zero-order valence-electron chi connectivity index (χ0n) is 13.4. The van der Waals surface area contributed by atoms with Gasteiger partial charge < -0.3 is 14.2 Å². The molecule has 1 aliphatic heterocycles. The average Bonchev–Trinajstić information content (AvgIpc) is 2.59. The minimum atomic E-state index is -0.724. The molecule has 20 heavy (non-hydrogen) atoms. The minimum absolute atomic E-state index is 0.181. The van der Waals surface area contributed by atoms with E-state index < -0.39 is 17.4 Å². The highest BCUT2D eigenvalue weighted by atomic mass is 16.6. The largest absolute Gasteiger partial charge is 0.444 e. The van der Waals surface area contributed by atoms with Gasteiger partial charge in [-0.15, -0.1) is 0 Å². The van der Waals surface area contributed by atoms with Gasteiger partial charge >= 0.3 is 6.09 Å². The van der Waals surface area contributed by atoms with E-state index >= 15 is 0 Å². The van der Waals surface area contributed by atoms with Crippen LogP contribution in [0.1, 0.15) is 41.5 Å². The Morgan fingerprint density at radius 3 is 2.55 bits per heavy atom. The van der Waals surface area contributed by atoms with E-state index in [1.54, 1.807) is 12.0 Å². The van der Waals surface area contributed by atoms with Gasteiger partial charge in [0.15, 0.2) is 0 Å². The van der Waals surface area contributed by atoms with Gasteiger partial charge in [0.1, 0.15) is 23.5 Å². The predicted octanol–water partition coefficient (Wildman–Crippen LogP) is 2.40. The van der Waals surface area contributed by atoms with Crippen LogP contribution in [0.4, 0.5) is 4.79 Å². The number of carbonyl (C=O) groups excluding carboxylic acids is 1. The topological polar surface area (TPSA) is 48.0 Å². The molecule has 5 heteroatoms. The number of amides is 1. The summed E-state index contributed by atoms with van der Waals surface area (Å²) in [6.45, 7) is 11.4. The zero-order chi connectivity index (χ0) is 15.6. The summed E-state index contributed by atoms with van der Waals surface area (Å²) in [5, 5.41) is 0. The molecule has 5 nitrogen and oxygen atoms in total. The van der Waals surface area contributed by atoms with Crippen molar-refractivity contribution in [1.29, 1.82) is 0 Å². The molecule has 0 N–H and O–H groups in total. The van der Waals surface area contributed by atoms with Gasteiger partial charge in [0, 0.05) is 7.11 Å². The molecule has 1 rings (SSSR count). The van der Waals surface area contributed by atoms with E-state index in [-0.39, 0.29) is 12.1 Å². The first-order chi connectivity index (χ1) is 9.07. The summed E-state index contributed by atoms with van der Waals surface area (Å²) < 4.78 is 16.2. The van der Waals surface area contributed by atoms with Gasteiger partial charge in [-0.3, -0.25) is 4.90 Å². The molecule has 0 radical (unpaired) electrons. The maximum atomic E-state index is 12.3.